The van der Waals surface area contributed by atoms with E-state index in [2.05, 4.69) is 25.2 Å². The topological polar surface area (TPSA) is 52.5 Å². The number of hydrogen-bond donors (Lipinski definition) is 1. The summed E-state index contributed by atoms with van der Waals surface area (Å²) in [6.45, 7) is 5.30. The third kappa shape index (κ3) is 6.18. The number of pyridine rings is 1. The maximum absolute atomic E-state index is 12.9. The van der Waals surface area contributed by atoms with Crippen LogP contribution in [0.2, 0.25) is 0 Å². The second kappa shape index (κ2) is 12.2. The average molecular weight is 471 g/mol. The molecule has 1 N–H and O–H groups in total. The number of ether oxygens (including phenoxy) is 2. The first-order valence-electron chi connectivity index (χ1n) is 12.1. The highest BCUT2D eigenvalue weighted by Crippen LogP contribution is 2.37. The quantitative estimate of drug-likeness (QED) is 0.289. The molecule has 0 aliphatic heterocycles. The van der Waals surface area contributed by atoms with Crippen LogP contribution < -0.4 is 20.3 Å². The molecule has 33 heavy (non-hydrogen) atoms. The summed E-state index contributed by atoms with van der Waals surface area (Å²) in [7, 11) is 5.09. The van der Waals surface area contributed by atoms with Crippen LogP contribution in [0.5, 0.6) is 11.5 Å². The molecular weight excluding hydrogens is 432 g/mol. The van der Waals surface area contributed by atoms with Crippen molar-refractivity contribution < 1.29 is 9.47 Å². The van der Waals surface area contributed by atoms with Crippen LogP contribution in [0.1, 0.15) is 63.7 Å². The predicted octanol–water partition coefficient (Wildman–Crippen LogP) is 6.51. The molecule has 6 heteroatoms. The van der Waals surface area contributed by atoms with Gasteiger partial charge in [-0.25, -0.2) is 0 Å². The van der Waals surface area contributed by atoms with Crippen LogP contribution in [-0.4, -0.2) is 24.8 Å². The molecule has 0 aliphatic carbocycles. The Balaban J connectivity index is 1.88. The highest BCUT2D eigenvalue weighted by Gasteiger charge is 2.16. The number of benzene rings is 1. The van der Waals surface area contributed by atoms with E-state index >= 15 is 0 Å². The Labute approximate surface area is 201 Å². The first kappa shape index (κ1) is 25.3. The number of rotatable bonds is 13. The lowest BCUT2D eigenvalue weighted by molar-refractivity contribution is 0.355. The molecule has 1 aromatic carbocycles. The number of aryl methyl sites for hydroxylation is 1. The van der Waals surface area contributed by atoms with Crippen LogP contribution in [0.15, 0.2) is 35.3 Å². The SMILES string of the molecule is CCCCCCC(CCC)NCc1cc2c(=O)n(C)cc(-c3ccc(OC)c(OC)c3)c2s1. The number of hydrogen-bond acceptors (Lipinski definition) is 5. The van der Waals surface area contributed by atoms with Gasteiger partial charge in [0.05, 0.1) is 19.6 Å². The van der Waals surface area contributed by atoms with Crippen molar-refractivity contribution in [1.82, 2.24) is 9.88 Å². The molecule has 180 valence electrons. The molecule has 0 spiro atoms. The summed E-state index contributed by atoms with van der Waals surface area (Å²) in [6, 6.07) is 8.51. The molecule has 0 bridgehead atoms. The minimum absolute atomic E-state index is 0.0430. The largest absolute Gasteiger partial charge is 0.493 e. The molecule has 0 fully saturated rings. The average Bonchev–Trinajstić information content (AvgIpc) is 3.26. The number of aromatic nitrogens is 1. The van der Waals surface area contributed by atoms with Gasteiger partial charge in [0.25, 0.3) is 5.56 Å². The minimum atomic E-state index is 0.0430. The highest BCUT2D eigenvalue weighted by molar-refractivity contribution is 7.19. The summed E-state index contributed by atoms with van der Waals surface area (Å²) in [5, 5.41) is 4.55. The fourth-order valence-corrected chi connectivity index (χ4v) is 5.49. The van der Waals surface area contributed by atoms with Gasteiger partial charge in [-0.2, -0.15) is 0 Å². The molecule has 0 saturated carbocycles. The Bertz CT molecular complexity index is 1100. The maximum atomic E-state index is 12.9. The Hall–Kier alpha value is -2.31. The third-order valence-electron chi connectivity index (χ3n) is 6.20. The van der Waals surface area contributed by atoms with Gasteiger partial charge < -0.3 is 19.4 Å². The molecular formula is C27H38N2O3S. The molecule has 0 saturated heterocycles. The molecule has 0 aliphatic rings. The van der Waals surface area contributed by atoms with Gasteiger partial charge >= 0.3 is 0 Å². The zero-order chi connectivity index (χ0) is 23.8. The van der Waals surface area contributed by atoms with Crippen molar-refractivity contribution in [3.8, 4) is 22.6 Å². The molecule has 1 unspecified atom stereocenters. The number of methoxy groups -OCH3 is 2. The molecule has 0 amide bonds. The van der Waals surface area contributed by atoms with Gasteiger partial charge in [-0.15, -0.1) is 11.3 Å². The summed E-state index contributed by atoms with van der Waals surface area (Å²) < 4.78 is 13.6. The Kier molecular flexibility index (Phi) is 9.39. The normalized spacial score (nSPS) is 12.3. The van der Waals surface area contributed by atoms with Crippen molar-refractivity contribution >= 4 is 21.4 Å². The molecule has 5 nitrogen and oxygen atoms in total. The molecule has 2 aromatic heterocycles. The summed E-state index contributed by atoms with van der Waals surface area (Å²) >= 11 is 1.71. The monoisotopic (exact) mass is 470 g/mol. The first-order chi connectivity index (χ1) is 16.0. The summed E-state index contributed by atoms with van der Waals surface area (Å²) in [5.74, 6) is 1.38. The van der Waals surface area contributed by atoms with Gasteiger partial charge in [-0.1, -0.05) is 52.0 Å². The van der Waals surface area contributed by atoms with Gasteiger partial charge in [-0.05, 0) is 36.6 Å². The molecule has 2 heterocycles. The fourth-order valence-electron chi connectivity index (χ4n) is 4.36. The first-order valence-corrected chi connectivity index (χ1v) is 12.9. The number of unbranched alkanes of at least 4 members (excludes halogenated alkanes) is 3. The van der Waals surface area contributed by atoms with Crippen LogP contribution in [0.25, 0.3) is 21.2 Å². The van der Waals surface area contributed by atoms with E-state index in [-0.39, 0.29) is 5.56 Å². The highest BCUT2D eigenvalue weighted by atomic mass is 32.1. The molecule has 3 rings (SSSR count). The number of fused-ring (bicyclic) bond motifs is 1. The van der Waals surface area contributed by atoms with Gasteiger partial charge in [-0.3, -0.25) is 4.79 Å². The Morgan fingerprint density at radius 3 is 2.48 bits per heavy atom. The van der Waals surface area contributed by atoms with Crippen molar-refractivity contribution in [3.05, 3.63) is 45.7 Å². The van der Waals surface area contributed by atoms with Gasteiger partial charge in [0.15, 0.2) is 11.5 Å². The zero-order valence-electron chi connectivity index (χ0n) is 20.7. The molecule has 3 aromatic rings. The van der Waals surface area contributed by atoms with Crippen molar-refractivity contribution in [3.63, 3.8) is 0 Å². The smallest absolute Gasteiger partial charge is 0.259 e. The minimum Gasteiger partial charge on any atom is -0.493 e. The number of nitrogens with zero attached hydrogens (tertiary/aromatic N) is 1. The predicted molar refractivity (Wildman–Crippen MR) is 140 cm³/mol. The van der Waals surface area contributed by atoms with E-state index in [0.29, 0.717) is 17.5 Å². The second-order valence-corrected chi connectivity index (χ2v) is 9.84. The van der Waals surface area contributed by atoms with Crippen molar-refractivity contribution in [2.45, 2.75) is 71.4 Å². The standard InChI is InChI=1S/C27H38N2O3S/c1-6-8-9-10-12-20(11-7-2)28-17-21-16-22-26(33-21)23(18-29(3)27(22)30)19-13-14-24(31-4)25(15-19)32-5/h13-16,18,20,28H,6-12,17H2,1-5H3. The molecule has 1 atom stereocenters. The fraction of sp³-hybridized carbons (Fsp3) is 0.519. The zero-order valence-corrected chi connectivity index (χ0v) is 21.5. The van der Waals surface area contributed by atoms with Crippen molar-refractivity contribution in [2.75, 3.05) is 14.2 Å². The van der Waals surface area contributed by atoms with E-state index in [1.807, 2.05) is 31.4 Å². The Morgan fingerprint density at radius 1 is 1.00 bits per heavy atom. The van der Waals surface area contributed by atoms with Gasteiger partial charge in [0.2, 0.25) is 0 Å². The van der Waals surface area contributed by atoms with E-state index in [4.69, 9.17) is 9.47 Å². The van der Waals surface area contributed by atoms with Gasteiger partial charge in [0.1, 0.15) is 0 Å². The van der Waals surface area contributed by atoms with Crippen LogP contribution in [-0.2, 0) is 13.6 Å². The van der Waals surface area contributed by atoms with E-state index in [9.17, 15) is 4.79 Å². The van der Waals surface area contributed by atoms with Crippen molar-refractivity contribution in [1.29, 1.82) is 0 Å². The van der Waals surface area contributed by atoms with Crippen LogP contribution in [0.3, 0.4) is 0 Å². The van der Waals surface area contributed by atoms with Crippen LogP contribution in [0.4, 0.5) is 0 Å². The lowest BCUT2D eigenvalue weighted by Crippen LogP contribution is -2.28. The third-order valence-corrected chi connectivity index (χ3v) is 7.37. The summed E-state index contributed by atoms with van der Waals surface area (Å²) in [4.78, 5) is 14.1. The van der Waals surface area contributed by atoms with E-state index in [0.717, 1.165) is 27.8 Å². The number of thiophene rings is 1. The van der Waals surface area contributed by atoms with Crippen molar-refractivity contribution in [2.24, 2.45) is 7.05 Å². The summed E-state index contributed by atoms with van der Waals surface area (Å²) in [6.07, 6.45) is 10.7. The second-order valence-electron chi connectivity index (χ2n) is 8.70. The van der Waals surface area contributed by atoms with E-state index in [1.54, 1.807) is 30.1 Å². The lowest BCUT2D eigenvalue weighted by atomic mass is 10.0. The summed E-state index contributed by atoms with van der Waals surface area (Å²) in [5.41, 5.74) is 2.09. The van der Waals surface area contributed by atoms with Crippen LogP contribution >= 0.6 is 11.3 Å². The number of nitrogens with one attached hydrogen (secondary N) is 1. The van der Waals surface area contributed by atoms with E-state index < -0.39 is 0 Å². The Morgan fingerprint density at radius 2 is 1.79 bits per heavy atom. The maximum Gasteiger partial charge on any atom is 0.259 e. The van der Waals surface area contributed by atoms with Gasteiger partial charge in [0, 0.05) is 41.0 Å². The lowest BCUT2D eigenvalue weighted by Gasteiger charge is -2.17. The van der Waals surface area contributed by atoms with E-state index in [1.165, 1.54) is 49.8 Å². The molecule has 0 radical (unpaired) electrons. The van der Waals surface area contributed by atoms with Crippen LogP contribution in [0, 0.1) is 0 Å².